The number of carbonyl (C=O) groups excluding carboxylic acids is 2. The maximum absolute atomic E-state index is 13.8. The zero-order chi connectivity index (χ0) is 33.2. The van der Waals surface area contributed by atoms with Crippen molar-refractivity contribution in [3.05, 3.63) is 47.5 Å². The van der Waals surface area contributed by atoms with Crippen LogP contribution in [0.3, 0.4) is 0 Å². The molecule has 0 unspecified atom stereocenters. The molecule has 3 aliphatic rings. The van der Waals surface area contributed by atoms with E-state index in [1.54, 1.807) is 31.4 Å². The minimum absolute atomic E-state index is 0.0694. The number of rotatable bonds is 12. The standard InChI is InChI=1S/C34H42N4O6S2/c1-8-21-14-34(21,32(40)38-46(41,42)33(6)11-12-33)15-25(39)30-20(5)28(16-35-30)44-27-13-23(31-37-24(17-45-31)18(2)3)36-29-19(4)26(43-7)10-9-22(27)29/h8-10,13,17-18,20-21,28,30,35H,1,11-12,14-16H2,2-7H3,(H,38,40)/t20-,21+,28-,30-,34+/m0/s1. The minimum atomic E-state index is -3.82. The van der Waals surface area contributed by atoms with Crippen molar-refractivity contribution in [1.82, 2.24) is 20.0 Å². The lowest BCUT2D eigenvalue weighted by Crippen LogP contribution is -2.45. The lowest BCUT2D eigenvalue weighted by Gasteiger charge is -2.23. The summed E-state index contributed by atoms with van der Waals surface area (Å²) in [4.78, 5) is 36.9. The SMILES string of the molecule is C=C[C@@H]1C[C@]1(CC(=O)[C@H]1NC[C@H](Oc2cc(-c3nc(C(C)C)cs3)nc3c(C)c(OC)ccc23)[C@@H]1C)C(=O)NS(=O)(=O)C1(C)CC1. The Labute approximate surface area is 274 Å². The van der Waals surface area contributed by atoms with Gasteiger partial charge in [-0.1, -0.05) is 26.8 Å². The number of carbonyl (C=O) groups is 2. The summed E-state index contributed by atoms with van der Waals surface area (Å²) in [7, 11) is -2.19. The first-order valence-corrected chi connectivity index (χ1v) is 18.2. The van der Waals surface area contributed by atoms with Gasteiger partial charge in [0.1, 0.15) is 28.3 Å². The number of sulfonamides is 1. The number of hydrogen-bond donors (Lipinski definition) is 2. The number of ketones is 1. The summed E-state index contributed by atoms with van der Waals surface area (Å²) < 4.78 is 39.3. The van der Waals surface area contributed by atoms with E-state index in [4.69, 9.17) is 19.4 Å². The molecule has 0 spiro atoms. The highest BCUT2D eigenvalue weighted by atomic mass is 32.2. The van der Waals surface area contributed by atoms with Crippen LogP contribution in [0.5, 0.6) is 11.5 Å². The average molecular weight is 667 g/mol. The molecule has 10 nitrogen and oxygen atoms in total. The van der Waals surface area contributed by atoms with Crippen LogP contribution < -0.4 is 19.5 Å². The Balaban J connectivity index is 1.23. The van der Waals surface area contributed by atoms with Gasteiger partial charge in [0.05, 0.1) is 34.5 Å². The van der Waals surface area contributed by atoms with Gasteiger partial charge in [-0.15, -0.1) is 17.9 Å². The summed E-state index contributed by atoms with van der Waals surface area (Å²) in [6.45, 7) is 14.0. The molecule has 2 N–H and O–H groups in total. The fourth-order valence-electron chi connectivity index (χ4n) is 6.42. The molecule has 2 saturated carbocycles. The van der Waals surface area contributed by atoms with E-state index in [9.17, 15) is 18.0 Å². The summed E-state index contributed by atoms with van der Waals surface area (Å²) >= 11 is 1.54. The molecule has 46 heavy (non-hydrogen) atoms. The van der Waals surface area contributed by atoms with Crippen LogP contribution in [-0.4, -0.2) is 60.6 Å². The van der Waals surface area contributed by atoms with Gasteiger partial charge in [-0.25, -0.2) is 18.4 Å². The maximum Gasteiger partial charge on any atom is 0.240 e. The van der Waals surface area contributed by atoms with E-state index in [2.05, 4.69) is 35.8 Å². The molecule has 3 fully saturated rings. The molecule has 1 aromatic carbocycles. The van der Waals surface area contributed by atoms with Gasteiger partial charge < -0.3 is 14.8 Å². The van der Waals surface area contributed by atoms with Gasteiger partial charge in [-0.05, 0) is 57.1 Å². The number of pyridine rings is 1. The Bertz CT molecular complexity index is 1830. The van der Waals surface area contributed by atoms with Crippen molar-refractivity contribution in [3.63, 3.8) is 0 Å². The van der Waals surface area contributed by atoms with Crippen LogP contribution in [0.15, 0.2) is 36.2 Å². The van der Waals surface area contributed by atoms with Crippen LogP contribution in [0.25, 0.3) is 21.6 Å². The maximum atomic E-state index is 13.8. The quantitative estimate of drug-likeness (QED) is 0.247. The third-order valence-corrected chi connectivity index (χ3v) is 13.2. The fraction of sp³-hybridized carbons (Fsp3) is 0.529. The second kappa shape index (κ2) is 11.7. The van der Waals surface area contributed by atoms with E-state index in [0.717, 1.165) is 32.9 Å². The van der Waals surface area contributed by atoms with Crippen molar-refractivity contribution in [3.8, 4) is 22.2 Å². The van der Waals surface area contributed by atoms with Crippen LogP contribution in [0.2, 0.25) is 0 Å². The minimum Gasteiger partial charge on any atom is -0.496 e. The number of ether oxygens (including phenoxy) is 2. The molecular weight excluding hydrogens is 625 g/mol. The molecule has 1 aliphatic heterocycles. The summed E-state index contributed by atoms with van der Waals surface area (Å²) in [5.74, 6) is 0.424. The lowest BCUT2D eigenvalue weighted by molar-refractivity contribution is -0.131. The number of methoxy groups -OCH3 is 1. The van der Waals surface area contributed by atoms with E-state index in [-0.39, 0.29) is 36.1 Å². The summed E-state index contributed by atoms with van der Waals surface area (Å²) in [6.07, 6.45) is 2.66. The number of allylic oxidation sites excluding steroid dienone is 1. The number of thiazole rings is 1. The molecule has 12 heteroatoms. The van der Waals surface area contributed by atoms with Crippen LogP contribution >= 0.6 is 11.3 Å². The van der Waals surface area contributed by atoms with E-state index < -0.39 is 32.1 Å². The second-order valence-electron chi connectivity index (χ2n) is 13.7. The number of hydrogen-bond acceptors (Lipinski definition) is 10. The Morgan fingerprint density at radius 2 is 1.98 bits per heavy atom. The largest absolute Gasteiger partial charge is 0.496 e. The van der Waals surface area contributed by atoms with Crippen LogP contribution in [0.1, 0.15) is 70.6 Å². The van der Waals surface area contributed by atoms with E-state index >= 15 is 0 Å². The third kappa shape index (κ3) is 5.62. The Morgan fingerprint density at radius 3 is 2.59 bits per heavy atom. The summed E-state index contributed by atoms with van der Waals surface area (Å²) in [6, 6.07) is 5.19. The van der Waals surface area contributed by atoms with Crippen LogP contribution in [0, 0.1) is 24.2 Å². The predicted octanol–water partition coefficient (Wildman–Crippen LogP) is 5.30. The predicted molar refractivity (Wildman–Crippen MR) is 179 cm³/mol. The van der Waals surface area contributed by atoms with Gasteiger partial charge in [0, 0.05) is 41.3 Å². The Morgan fingerprint density at radius 1 is 1.24 bits per heavy atom. The van der Waals surface area contributed by atoms with Gasteiger partial charge in [-0.3, -0.25) is 14.3 Å². The number of benzene rings is 1. The van der Waals surface area contributed by atoms with Gasteiger partial charge >= 0.3 is 0 Å². The molecule has 0 radical (unpaired) electrons. The molecule has 6 rings (SSSR count). The highest BCUT2D eigenvalue weighted by molar-refractivity contribution is 7.91. The zero-order valence-electron chi connectivity index (χ0n) is 27.2. The molecular formula is C34H42N4O6S2. The van der Waals surface area contributed by atoms with E-state index in [0.29, 0.717) is 37.3 Å². The zero-order valence-corrected chi connectivity index (χ0v) is 28.8. The van der Waals surface area contributed by atoms with E-state index in [1.807, 2.05) is 32.0 Å². The average Bonchev–Trinajstić information content (AvgIpc) is 3.82. The number of amides is 1. The van der Waals surface area contributed by atoms with Crippen molar-refractivity contribution < 1.29 is 27.5 Å². The Kier molecular flexibility index (Phi) is 8.30. The number of Topliss-reactive ketones (excluding diaryl/α,β-unsaturated/α-hetero) is 1. The third-order valence-electron chi connectivity index (χ3n) is 10.2. The topological polar surface area (TPSA) is 137 Å². The van der Waals surface area contributed by atoms with Crippen molar-refractivity contribution in [2.45, 2.75) is 83.1 Å². The highest BCUT2D eigenvalue weighted by Crippen LogP contribution is 2.57. The first-order chi connectivity index (χ1) is 21.7. The number of fused-ring (bicyclic) bond motifs is 1. The molecule has 246 valence electrons. The smallest absolute Gasteiger partial charge is 0.240 e. The normalized spacial score (nSPS) is 26.6. The fourth-order valence-corrected chi connectivity index (χ4v) is 8.70. The van der Waals surface area contributed by atoms with Gasteiger partial charge in [0.25, 0.3) is 0 Å². The first-order valence-electron chi connectivity index (χ1n) is 15.8. The Hall–Kier alpha value is -3.35. The number of aromatic nitrogens is 2. The van der Waals surface area contributed by atoms with Crippen molar-refractivity contribution in [2.75, 3.05) is 13.7 Å². The second-order valence-corrected chi connectivity index (χ2v) is 16.7. The number of aryl methyl sites for hydroxylation is 1. The first kappa shape index (κ1) is 32.6. The van der Waals surface area contributed by atoms with Crippen molar-refractivity contribution in [2.24, 2.45) is 17.3 Å². The monoisotopic (exact) mass is 666 g/mol. The molecule has 3 heterocycles. The van der Waals surface area contributed by atoms with Crippen molar-refractivity contribution in [1.29, 1.82) is 0 Å². The van der Waals surface area contributed by atoms with Gasteiger partial charge in [-0.2, -0.15) is 0 Å². The summed E-state index contributed by atoms with van der Waals surface area (Å²) in [5, 5.41) is 7.00. The van der Waals surface area contributed by atoms with Crippen molar-refractivity contribution >= 4 is 44.0 Å². The van der Waals surface area contributed by atoms with Gasteiger partial charge in [0.15, 0.2) is 5.78 Å². The lowest BCUT2D eigenvalue weighted by atomic mass is 9.88. The number of nitrogens with one attached hydrogen (secondary N) is 2. The molecule has 2 aliphatic carbocycles. The molecule has 1 saturated heterocycles. The molecule has 1 amide bonds. The molecule has 3 aromatic rings. The van der Waals surface area contributed by atoms with Gasteiger partial charge in [0.2, 0.25) is 15.9 Å². The molecule has 5 atom stereocenters. The summed E-state index contributed by atoms with van der Waals surface area (Å²) in [5.41, 5.74) is 2.25. The molecule has 2 aromatic heterocycles. The number of nitrogens with zero attached hydrogens (tertiary/aromatic N) is 2. The van der Waals surface area contributed by atoms with Crippen LogP contribution in [0.4, 0.5) is 0 Å². The molecule has 0 bridgehead atoms. The van der Waals surface area contributed by atoms with Crippen LogP contribution in [-0.2, 0) is 19.6 Å². The highest BCUT2D eigenvalue weighted by Gasteiger charge is 2.62. The van der Waals surface area contributed by atoms with E-state index in [1.165, 1.54) is 0 Å².